The minimum atomic E-state index is -0.0638. The van der Waals surface area contributed by atoms with Crippen LogP contribution in [0.1, 0.15) is 11.1 Å². The van der Waals surface area contributed by atoms with Crippen LogP contribution < -0.4 is 14.5 Å². The van der Waals surface area contributed by atoms with Gasteiger partial charge in [-0.1, -0.05) is 36.0 Å². The molecule has 1 saturated heterocycles. The summed E-state index contributed by atoms with van der Waals surface area (Å²) in [5.74, 6) is 0.729. The first kappa shape index (κ1) is 21.7. The fourth-order valence-electron chi connectivity index (χ4n) is 3.83. The van der Waals surface area contributed by atoms with E-state index in [-0.39, 0.29) is 5.91 Å². The molecule has 0 spiro atoms. The van der Waals surface area contributed by atoms with E-state index in [0.717, 1.165) is 43.9 Å². The van der Waals surface area contributed by atoms with Crippen molar-refractivity contribution < 1.29 is 9.53 Å². The number of carbonyl (C=O) groups excluding carboxylic acids is 1. The number of benzene rings is 3. The van der Waals surface area contributed by atoms with Gasteiger partial charge in [0.2, 0.25) is 0 Å². The first-order valence-electron chi connectivity index (χ1n) is 10.5. The SMILES string of the molecule is COc1ccc2c(c1)N(C)/C(=C1/SC(=Nc3cccc(C)c3)N(c3cccc(C)c3)C1=O)S2. The number of ether oxygens (including phenoxy) is 1. The molecule has 0 aromatic heterocycles. The Morgan fingerprint density at radius 3 is 2.39 bits per heavy atom. The fraction of sp³-hybridized carbons (Fsp3) is 0.154. The number of anilines is 2. The third-order valence-electron chi connectivity index (χ3n) is 5.50. The van der Waals surface area contributed by atoms with Crippen LogP contribution >= 0.6 is 23.5 Å². The number of fused-ring (bicyclic) bond motifs is 1. The molecule has 7 heteroatoms. The molecule has 0 N–H and O–H groups in total. The summed E-state index contributed by atoms with van der Waals surface area (Å²) >= 11 is 3.02. The van der Waals surface area contributed by atoms with Gasteiger partial charge in [-0.05, 0) is 73.1 Å². The Morgan fingerprint density at radius 2 is 1.67 bits per heavy atom. The third-order valence-corrected chi connectivity index (χ3v) is 7.90. The van der Waals surface area contributed by atoms with E-state index in [2.05, 4.69) is 4.90 Å². The molecule has 33 heavy (non-hydrogen) atoms. The van der Waals surface area contributed by atoms with Crippen molar-refractivity contribution in [2.75, 3.05) is 24.0 Å². The zero-order valence-corrected chi connectivity index (χ0v) is 20.5. The highest BCUT2D eigenvalue weighted by Crippen LogP contribution is 2.51. The minimum absolute atomic E-state index is 0.0638. The number of thioether (sulfide) groups is 2. The van der Waals surface area contributed by atoms with E-state index in [4.69, 9.17) is 9.73 Å². The molecule has 1 amide bonds. The van der Waals surface area contributed by atoms with Gasteiger partial charge in [0, 0.05) is 18.0 Å². The predicted molar refractivity (Wildman–Crippen MR) is 139 cm³/mol. The first-order chi connectivity index (χ1) is 15.9. The topological polar surface area (TPSA) is 45.1 Å². The number of amides is 1. The molecule has 1 fully saturated rings. The monoisotopic (exact) mass is 473 g/mol. The van der Waals surface area contributed by atoms with Gasteiger partial charge in [0.1, 0.15) is 10.7 Å². The summed E-state index contributed by atoms with van der Waals surface area (Å²) in [6, 6.07) is 22.0. The molecular weight excluding hydrogens is 450 g/mol. The van der Waals surface area contributed by atoms with E-state index in [9.17, 15) is 4.79 Å². The van der Waals surface area contributed by atoms with Gasteiger partial charge in [-0.2, -0.15) is 0 Å². The number of hydrogen-bond donors (Lipinski definition) is 0. The van der Waals surface area contributed by atoms with Gasteiger partial charge in [0.05, 0.1) is 29.2 Å². The number of nitrogens with zero attached hydrogens (tertiary/aromatic N) is 3. The van der Waals surface area contributed by atoms with Crippen molar-refractivity contribution in [1.29, 1.82) is 0 Å². The molecule has 5 nitrogen and oxygen atoms in total. The van der Waals surface area contributed by atoms with Crippen molar-refractivity contribution in [3.63, 3.8) is 0 Å². The summed E-state index contributed by atoms with van der Waals surface area (Å²) in [5.41, 5.74) is 4.89. The molecule has 3 aromatic carbocycles. The first-order valence-corrected chi connectivity index (χ1v) is 12.2. The standard InChI is InChI=1S/C26H23N3O2S2/c1-16-7-5-9-18(13-16)27-26-29(19-10-6-8-17(2)14-19)24(30)23(33-26)25-28(3)21-15-20(31-4)11-12-22(21)32-25/h5-15H,1-4H3/b25-23-,27-26?. The number of aliphatic imine (C=N–C) groups is 1. The van der Waals surface area contributed by atoms with Crippen LogP contribution in [-0.2, 0) is 4.79 Å². The van der Waals surface area contributed by atoms with Crippen LogP contribution in [0.4, 0.5) is 17.1 Å². The van der Waals surface area contributed by atoms with Crippen molar-refractivity contribution in [3.8, 4) is 5.75 Å². The van der Waals surface area contributed by atoms with Crippen LogP contribution in [0.2, 0.25) is 0 Å². The van der Waals surface area contributed by atoms with E-state index < -0.39 is 0 Å². The van der Waals surface area contributed by atoms with E-state index in [0.29, 0.717) is 10.1 Å². The van der Waals surface area contributed by atoms with Gasteiger partial charge in [-0.15, -0.1) is 0 Å². The quantitative estimate of drug-likeness (QED) is 0.407. The maximum Gasteiger partial charge on any atom is 0.274 e. The molecule has 0 unspecified atom stereocenters. The fourth-order valence-corrected chi connectivity index (χ4v) is 6.16. The summed E-state index contributed by atoms with van der Waals surface area (Å²) in [5, 5.41) is 1.56. The Balaban J connectivity index is 1.61. The van der Waals surface area contributed by atoms with Crippen LogP contribution in [0.15, 0.2) is 86.6 Å². The van der Waals surface area contributed by atoms with Gasteiger partial charge in [-0.25, -0.2) is 4.99 Å². The van der Waals surface area contributed by atoms with Crippen molar-refractivity contribution in [1.82, 2.24) is 0 Å². The highest BCUT2D eigenvalue weighted by atomic mass is 32.2. The van der Waals surface area contributed by atoms with Crippen molar-refractivity contribution in [2.24, 2.45) is 4.99 Å². The predicted octanol–water partition coefficient (Wildman–Crippen LogP) is 6.49. The molecule has 2 aliphatic rings. The van der Waals surface area contributed by atoms with Gasteiger partial charge in [-0.3, -0.25) is 9.69 Å². The molecule has 0 aliphatic carbocycles. The van der Waals surface area contributed by atoms with Crippen molar-refractivity contribution in [3.05, 3.63) is 87.8 Å². The maximum atomic E-state index is 13.8. The Labute approximate surface area is 202 Å². The molecule has 2 aliphatic heterocycles. The molecule has 3 aromatic rings. The number of carbonyl (C=O) groups is 1. The Hall–Kier alpha value is -3.16. The molecule has 0 saturated carbocycles. The zero-order valence-electron chi connectivity index (χ0n) is 18.8. The lowest BCUT2D eigenvalue weighted by Crippen LogP contribution is -2.29. The molecule has 166 valence electrons. The lowest BCUT2D eigenvalue weighted by atomic mass is 10.2. The maximum absolute atomic E-state index is 13.8. The molecule has 0 bridgehead atoms. The average Bonchev–Trinajstić information content (AvgIpc) is 3.29. The summed E-state index contributed by atoms with van der Waals surface area (Å²) in [4.78, 5) is 24.2. The van der Waals surface area contributed by atoms with Crippen LogP contribution in [0.3, 0.4) is 0 Å². The summed E-state index contributed by atoms with van der Waals surface area (Å²) in [6.45, 7) is 4.07. The van der Waals surface area contributed by atoms with Crippen molar-refractivity contribution >= 4 is 51.7 Å². The van der Waals surface area contributed by atoms with Gasteiger partial charge in [0.25, 0.3) is 5.91 Å². The van der Waals surface area contributed by atoms with E-state index in [1.807, 2.05) is 87.6 Å². The molecule has 0 atom stereocenters. The zero-order chi connectivity index (χ0) is 23.1. The summed E-state index contributed by atoms with van der Waals surface area (Å²) in [7, 11) is 3.65. The highest BCUT2D eigenvalue weighted by molar-refractivity contribution is 8.20. The van der Waals surface area contributed by atoms with E-state index in [1.165, 1.54) is 11.8 Å². The minimum Gasteiger partial charge on any atom is -0.497 e. The van der Waals surface area contributed by atoms with Gasteiger partial charge < -0.3 is 9.64 Å². The molecule has 0 radical (unpaired) electrons. The molecular formula is C26H23N3O2S2. The third kappa shape index (κ3) is 4.03. The summed E-state index contributed by atoms with van der Waals surface area (Å²) < 4.78 is 5.40. The van der Waals surface area contributed by atoms with Gasteiger partial charge in [0.15, 0.2) is 5.17 Å². The number of aryl methyl sites for hydroxylation is 2. The van der Waals surface area contributed by atoms with E-state index in [1.54, 1.807) is 23.8 Å². The Morgan fingerprint density at radius 1 is 0.909 bits per heavy atom. The van der Waals surface area contributed by atoms with Gasteiger partial charge >= 0.3 is 0 Å². The molecule has 5 rings (SSSR count). The second-order valence-electron chi connectivity index (χ2n) is 7.94. The lowest BCUT2D eigenvalue weighted by molar-refractivity contribution is -0.113. The van der Waals surface area contributed by atoms with Crippen LogP contribution in [0, 0.1) is 13.8 Å². The highest BCUT2D eigenvalue weighted by Gasteiger charge is 2.40. The second kappa shape index (κ2) is 8.65. The summed E-state index contributed by atoms with van der Waals surface area (Å²) in [6.07, 6.45) is 0. The average molecular weight is 474 g/mol. The number of amidine groups is 1. The number of rotatable bonds is 3. The Bertz CT molecular complexity index is 1330. The number of methoxy groups -OCH3 is 1. The van der Waals surface area contributed by atoms with Crippen LogP contribution in [0.5, 0.6) is 5.75 Å². The number of hydrogen-bond acceptors (Lipinski definition) is 6. The Kier molecular flexibility index (Phi) is 5.68. The largest absolute Gasteiger partial charge is 0.497 e. The molecule has 2 heterocycles. The van der Waals surface area contributed by atoms with Crippen LogP contribution in [-0.4, -0.2) is 25.2 Å². The normalized spacial score (nSPS) is 18.9. The lowest BCUT2D eigenvalue weighted by Gasteiger charge is -2.17. The van der Waals surface area contributed by atoms with Crippen LogP contribution in [0.25, 0.3) is 0 Å². The van der Waals surface area contributed by atoms with Crippen molar-refractivity contribution in [2.45, 2.75) is 18.7 Å². The smallest absolute Gasteiger partial charge is 0.274 e. The van der Waals surface area contributed by atoms with E-state index >= 15 is 0 Å². The second-order valence-corrected chi connectivity index (χ2v) is 9.95.